The quantitative estimate of drug-likeness (QED) is 0.622. The molecule has 0 spiro atoms. The summed E-state index contributed by atoms with van der Waals surface area (Å²) in [7, 11) is 1.50. The van der Waals surface area contributed by atoms with Gasteiger partial charge in [0.15, 0.2) is 5.82 Å². The molecule has 5 N–H and O–H groups in total. The standard InChI is InChI=1S/C18H22N4O2.CH5N/c1-2-24-9-14-21-15-16(22(14)10-18(11-23)7-8-18)12-5-3-4-6-13(12)20-17(15)19;1-2/h3-6,23H,2,7-11H2,1H3,(H2,19,20);2H2,1H3. The molecule has 0 unspecified atom stereocenters. The van der Waals surface area contributed by atoms with Crippen LogP contribution < -0.4 is 11.5 Å². The molecule has 1 saturated carbocycles. The largest absolute Gasteiger partial charge is 0.396 e. The highest BCUT2D eigenvalue weighted by atomic mass is 16.5. The third-order valence-electron chi connectivity index (χ3n) is 4.91. The van der Waals surface area contributed by atoms with E-state index in [0.29, 0.717) is 19.0 Å². The number of nitrogens with two attached hydrogens (primary N) is 2. The molecule has 1 aliphatic carbocycles. The van der Waals surface area contributed by atoms with Crippen LogP contribution in [0.1, 0.15) is 25.6 Å². The lowest BCUT2D eigenvalue weighted by molar-refractivity contribution is 0.123. The van der Waals surface area contributed by atoms with E-state index in [0.717, 1.165) is 47.1 Å². The van der Waals surface area contributed by atoms with Crippen LogP contribution >= 0.6 is 0 Å². The Balaban J connectivity index is 0.000000948. The zero-order valence-corrected chi connectivity index (χ0v) is 15.4. The van der Waals surface area contributed by atoms with Crippen LogP contribution in [0.5, 0.6) is 0 Å². The summed E-state index contributed by atoms with van der Waals surface area (Å²) < 4.78 is 7.78. The average molecular weight is 357 g/mol. The Morgan fingerprint density at radius 3 is 2.62 bits per heavy atom. The highest BCUT2D eigenvalue weighted by molar-refractivity contribution is 6.06. The van der Waals surface area contributed by atoms with Gasteiger partial charge in [-0.1, -0.05) is 18.2 Å². The van der Waals surface area contributed by atoms with Gasteiger partial charge in [0, 0.05) is 24.0 Å². The number of hydrogen-bond acceptors (Lipinski definition) is 6. The summed E-state index contributed by atoms with van der Waals surface area (Å²) in [5.41, 5.74) is 13.2. The fraction of sp³-hybridized carbons (Fsp3) is 0.474. The molecular formula is C19H27N5O2. The van der Waals surface area contributed by atoms with Crippen LogP contribution in [0.25, 0.3) is 21.9 Å². The number of aliphatic hydroxyl groups excluding tert-OH is 1. The minimum absolute atomic E-state index is 0.0340. The van der Waals surface area contributed by atoms with Gasteiger partial charge in [0.05, 0.1) is 17.6 Å². The molecule has 0 radical (unpaired) electrons. The summed E-state index contributed by atoms with van der Waals surface area (Å²) in [6.07, 6.45) is 2.07. The Hall–Kier alpha value is -2.22. The van der Waals surface area contributed by atoms with Crippen molar-refractivity contribution >= 4 is 27.8 Å². The van der Waals surface area contributed by atoms with Crippen molar-refractivity contribution in [1.29, 1.82) is 0 Å². The predicted molar refractivity (Wildman–Crippen MR) is 104 cm³/mol. The van der Waals surface area contributed by atoms with Crippen molar-refractivity contribution in [3.63, 3.8) is 0 Å². The van der Waals surface area contributed by atoms with E-state index in [-0.39, 0.29) is 12.0 Å². The minimum atomic E-state index is -0.0340. The Bertz CT molecular complexity index is 902. The Morgan fingerprint density at radius 1 is 1.23 bits per heavy atom. The van der Waals surface area contributed by atoms with Gasteiger partial charge in [0.25, 0.3) is 0 Å². The van der Waals surface area contributed by atoms with Crippen LogP contribution in [-0.2, 0) is 17.9 Å². The van der Waals surface area contributed by atoms with E-state index >= 15 is 0 Å². The van der Waals surface area contributed by atoms with Gasteiger partial charge in [-0.2, -0.15) is 0 Å². The molecule has 7 heteroatoms. The maximum absolute atomic E-state index is 9.76. The highest BCUT2D eigenvalue weighted by Crippen LogP contribution is 2.47. The molecule has 140 valence electrons. The topological polar surface area (TPSA) is 112 Å². The third-order valence-corrected chi connectivity index (χ3v) is 4.91. The van der Waals surface area contributed by atoms with E-state index in [1.54, 1.807) is 0 Å². The van der Waals surface area contributed by atoms with Crippen molar-refractivity contribution in [3.05, 3.63) is 30.1 Å². The van der Waals surface area contributed by atoms with E-state index in [4.69, 9.17) is 15.5 Å². The van der Waals surface area contributed by atoms with E-state index in [1.807, 2.05) is 31.2 Å². The van der Waals surface area contributed by atoms with Gasteiger partial charge in [0.2, 0.25) is 0 Å². The van der Waals surface area contributed by atoms with E-state index < -0.39 is 0 Å². The molecule has 26 heavy (non-hydrogen) atoms. The van der Waals surface area contributed by atoms with Gasteiger partial charge in [0.1, 0.15) is 17.9 Å². The van der Waals surface area contributed by atoms with Gasteiger partial charge >= 0.3 is 0 Å². The molecule has 1 aliphatic rings. The first-order chi connectivity index (χ1) is 12.7. The van der Waals surface area contributed by atoms with Gasteiger partial charge in [-0.3, -0.25) is 0 Å². The van der Waals surface area contributed by atoms with Crippen LogP contribution in [0.15, 0.2) is 24.3 Å². The van der Waals surface area contributed by atoms with E-state index in [9.17, 15) is 5.11 Å². The first kappa shape index (κ1) is 18.6. The summed E-state index contributed by atoms with van der Waals surface area (Å²) >= 11 is 0. The summed E-state index contributed by atoms with van der Waals surface area (Å²) in [5, 5.41) is 10.8. The van der Waals surface area contributed by atoms with E-state index in [2.05, 4.69) is 15.3 Å². The van der Waals surface area contributed by atoms with Crippen molar-refractivity contribution in [1.82, 2.24) is 14.5 Å². The lowest BCUT2D eigenvalue weighted by Crippen LogP contribution is -2.18. The SMILES string of the molecule is CCOCc1nc2c(N)nc3ccccc3c2n1CC1(CO)CC1.CN. The van der Waals surface area contributed by atoms with Crippen molar-refractivity contribution < 1.29 is 9.84 Å². The number of nitrogen functional groups attached to an aromatic ring is 1. The molecule has 4 rings (SSSR count). The number of nitrogens with zero attached hydrogens (tertiary/aromatic N) is 3. The molecular weight excluding hydrogens is 330 g/mol. The first-order valence-corrected chi connectivity index (χ1v) is 8.97. The molecule has 2 aromatic heterocycles. The fourth-order valence-corrected chi connectivity index (χ4v) is 3.26. The van der Waals surface area contributed by atoms with Crippen LogP contribution in [0.4, 0.5) is 5.82 Å². The smallest absolute Gasteiger partial charge is 0.152 e. The number of ether oxygens (including phenoxy) is 1. The normalized spacial score (nSPS) is 15.1. The molecule has 0 bridgehead atoms. The predicted octanol–water partition coefficient (Wildman–Crippen LogP) is 2.05. The molecule has 1 aromatic carbocycles. The number of para-hydroxylation sites is 1. The lowest BCUT2D eigenvalue weighted by Gasteiger charge is -2.16. The summed E-state index contributed by atoms with van der Waals surface area (Å²) in [5.74, 6) is 1.28. The second-order valence-corrected chi connectivity index (χ2v) is 6.62. The van der Waals surface area contributed by atoms with Gasteiger partial charge in [-0.05, 0) is 32.9 Å². The number of benzene rings is 1. The summed E-state index contributed by atoms with van der Waals surface area (Å²) in [6.45, 7) is 3.95. The maximum Gasteiger partial charge on any atom is 0.152 e. The lowest BCUT2D eigenvalue weighted by atomic mass is 10.1. The molecule has 3 aromatic rings. The number of anilines is 1. The zero-order chi connectivity index (χ0) is 18.7. The second-order valence-electron chi connectivity index (χ2n) is 6.62. The van der Waals surface area contributed by atoms with Crippen LogP contribution in [0.3, 0.4) is 0 Å². The highest BCUT2D eigenvalue weighted by Gasteiger charge is 2.43. The van der Waals surface area contributed by atoms with Crippen molar-refractivity contribution in [2.45, 2.75) is 32.9 Å². The summed E-state index contributed by atoms with van der Waals surface area (Å²) in [6, 6.07) is 7.96. The van der Waals surface area contributed by atoms with Crippen LogP contribution in [-0.4, -0.2) is 39.9 Å². The molecule has 0 amide bonds. The monoisotopic (exact) mass is 357 g/mol. The average Bonchev–Trinajstić information content (AvgIpc) is 3.36. The van der Waals surface area contributed by atoms with Gasteiger partial charge in [-0.15, -0.1) is 0 Å². The Morgan fingerprint density at radius 2 is 1.96 bits per heavy atom. The first-order valence-electron chi connectivity index (χ1n) is 8.97. The van der Waals surface area contributed by atoms with Crippen molar-refractivity contribution in [2.75, 3.05) is 26.0 Å². The fourth-order valence-electron chi connectivity index (χ4n) is 3.26. The number of imidazole rings is 1. The Kier molecular flexibility index (Phi) is 5.41. The van der Waals surface area contributed by atoms with E-state index in [1.165, 1.54) is 7.05 Å². The van der Waals surface area contributed by atoms with Gasteiger partial charge in [-0.25, -0.2) is 9.97 Å². The zero-order valence-electron chi connectivity index (χ0n) is 15.4. The number of fused-ring (bicyclic) bond motifs is 3. The Labute approximate surface area is 153 Å². The second kappa shape index (κ2) is 7.57. The van der Waals surface area contributed by atoms with Crippen molar-refractivity contribution in [2.24, 2.45) is 11.1 Å². The number of hydrogen-bond donors (Lipinski definition) is 3. The van der Waals surface area contributed by atoms with Crippen LogP contribution in [0.2, 0.25) is 0 Å². The third kappa shape index (κ3) is 3.25. The number of pyridine rings is 1. The maximum atomic E-state index is 9.76. The molecule has 0 aliphatic heterocycles. The van der Waals surface area contributed by atoms with Crippen LogP contribution in [0, 0.1) is 5.41 Å². The molecule has 1 fully saturated rings. The minimum Gasteiger partial charge on any atom is -0.396 e. The number of aliphatic hydroxyl groups is 1. The molecule has 7 nitrogen and oxygen atoms in total. The van der Waals surface area contributed by atoms with Gasteiger partial charge < -0.3 is 25.9 Å². The molecule has 0 saturated heterocycles. The molecule has 0 atom stereocenters. The number of aromatic nitrogens is 3. The summed E-state index contributed by atoms with van der Waals surface area (Å²) in [4.78, 5) is 9.20. The number of rotatable bonds is 6. The molecule has 2 heterocycles. The van der Waals surface area contributed by atoms with Crippen molar-refractivity contribution in [3.8, 4) is 0 Å².